The molecule has 3 heterocycles. The zero-order chi connectivity index (χ0) is 14.4. The highest BCUT2D eigenvalue weighted by Gasteiger charge is 2.39. The maximum atomic E-state index is 12.9. The third-order valence-electron chi connectivity index (χ3n) is 3.71. The van der Waals surface area contributed by atoms with Crippen molar-refractivity contribution in [2.75, 3.05) is 19.6 Å². The van der Waals surface area contributed by atoms with E-state index in [1.807, 2.05) is 13.8 Å². The van der Waals surface area contributed by atoms with Crippen LogP contribution in [0.3, 0.4) is 0 Å². The lowest BCUT2D eigenvalue weighted by Crippen LogP contribution is -2.59. The first kappa shape index (κ1) is 13.5. The first-order valence-electron chi connectivity index (χ1n) is 6.59. The molecule has 2 aromatic heterocycles. The summed E-state index contributed by atoms with van der Waals surface area (Å²) in [5.74, 6) is 0. The molecule has 7 heteroatoms. The summed E-state index contributed by atoms with van der Waals surface area (Å²) in [6.07, 6.45) is 3.18. The van der Waals surface area contributed by atoms with Crippen LogP contribution in [0.25, 0.3) is 11.0 Å². The Morgan fingerprint density at radius 2 is 2.20 bits per heavy atom. The maximum Gasteiger partial charge on any atom is 0.245 e. The van der Waals surface area contributed by atoms with Crippen molar-refractivity contribution in [3.05, 3.63) is 24.5 Å². The largest absolute Gasteiger partial charge is 0.345 e. The summed E-state index contributed by atoms with van der Waals surface area (Å²) >= 11 is 0. The van der Waals surface area contributed by atoms with Crippen molar-refractivity contribution in [1.82, 2.24) is 19.6 Å². The highest BCUT2D eigenvalue weighted by molar-refractivity contribution is 7.89. The van der Waals surface area contributed by atoms with Gasteiger partial charge in [0.2, 0.25) is 10.0 Å². The van der Waals surface area contributed by atoms with E-state index in [1.165, 1.54) is 6.20 Å². The van der Waals surface area contributed by atoms with Crippen LogP contribution in [-0.4, -0.2) is 47.9 Å². The lowest BCUT2D eigenvalue weighted by atomic mass is 10.0. The molecule has 108 valence electrons. The minimum absolute atomic E-state index is 0.301. The monoisotopic (exact) mass is 294 g/mol. The van der Waals surface area contributed by atoms with E-state index >= 15 is 0 Å². The number of sulfonamides is 1. The Hall–Kier alpha value is -1.44. The van der Waals surface area contributed by atoms with Crippen molar-refractivity contribution in [2.24, 2.45) is 0 Å². The Balaban J connectivity index is 2.12. The minimum Gasteiger partial charge on any atom is -0.345 e. The molecule has 6 nitrogen and oxygen atoms in total. The van der Waals surface area contributed by atoms with Gasteiger partial charge < -0.3 is 10.3 Å². The number of nitrogens with zero attached hydrogens (tertiary/aromatic N) is 2. The average molecular weight is 294 g/mol. The molecule has 0 aromatic carbocycles. The lowest BCUT2D eigenvalue weighted by Gasteiger charge is -2.41. The summed E-state index contributed by atoms with van der Waals surface area (Å²) in [5, 5.41) is 3.87. The molecule has 1 aliphatic rings. The second-order valence-electron chi connectivity index (χ2n) is 5.62. The number of piperazine rings is 1. The maximum absolute atomic E-state index is 12.9. The van der Waals surface area contributed by atoms with Crippen molar-refractivity contribution in [3.8, 4) is 0 Å². The number of pyridine rings is 1. The van der Waals surface area contributed by atoms with Gasteiger partial charge in [-0.2, -0.15) is 4.31 Å². The van der Waals surface area contributed by atoms with Crippen LogP contribution < -0.4 is 5.32 Å². The smallest absolute Gasteiger partial charge is 0.245 e. The Morgan fingerprint density at radius 3 is 2.95 bits per heavy atom. The van der Waals surface area contributed by atoms with Crippen molar-refractivity contribution < 1.29 is 8.42 Å². The Kier molecular flexibility index (Phi) is 3.07. The predicted molar refractivity (Wildman–Crippen MR) is 76.9 cm³/mol. The summed E-state index contributed by atoms with van der Waals surface area (Å²) in [6, 6.07) is 3.53. The van der Waals surface area contributed by atoms with Crippen LogP contribution in [0.4, 0.5) is 0 Å². The van der Waals surface area contributed by atoms with Gasteiger partial charge in [-0.3, -0.25) is 0 Å². The van der Waals surface area contributed by atoms with E-state index in [0.29, 0.717) is 35.6 Å². The van der Waals surface area contributed by atoms with Gasteiger partial charge >= 0.3 is 0 Å². The molecule has 0 spiro atoms. The van der Waals surface area contributed by atoms with Crippen LogP contribution >= 0.6 is 0 Å². The molecule has 0 aliphatic carbocycles. The topological polar surface area (TPSA) is 78.1 Å². The van der Waals surface area contributed by atoms with Gasteiger partial charge in [0.1, 0.15) is 10.5 Å². The van der Waals surface area contributed by atoms with Crippen LogP contribution in [0.5, 0.6) is 0 Å². The number of hydrogen-bond acceptors (Lipinski definition) is 4. The highest BCUT2D eigenvalue weighted by Crippen LogP contribution is 2.29. The molecule has 2 aromatic rings. The van der Waals surface area contributed by atoms with Gasteiger partial charge in [-0.25, -0.2) is 13.4 Å². The Labute approximate surface area is 118 Å². The molecular formula is C13H18N4O2S. The third-order valence-corrected chi connectivity index (χ3v) is 5.86. The number of hydrogen-bond donors (Lipinski definition) is 2. The lowest BCUT2D eigenvalue weighted by molar-refractivity contribution is 0.186. The van der Waals surface area contributed by atoms with E-state index in [9.17, 15) is 8.42 Å². The molecule has 1 fully saturated rings. The fraction of sp³-hybridized carbons (Fsp3) is 0.462. The van der Waals surface area contributed by atoms with E-state index in [0.717, 1.165) is 0 Å². The number of fused-ring (bicyclic) bond motifs is 1. The van der Waals surface area contributed by atoms with Gasteiger partial charge in [0.05, 0.1) is 0 Å². The predicted octanol–water partition coefficient (Wildman–Crippen LogP) is 0.935. The molecular weight excluding hydrogens is 276 g/mol. The van der Waals surface area contributed by atoms with Crippen molar-refractivity contribution in [1.29, 1.82) is 0 Å². The zero-order valence-electron chi connectivity index (χ0n) is 11.5. The normalized spacial score (nSPS) is 20.3. The van der Waals surface area contributed by atoms with E-state index < -0.39 is 15.6 Å². The summed E-state index contributed by atoms with van der Waals surface area (Å²) in [4.78, 5) is 7.38. The van der Waals surface area contributed by atoms with Gasteiger partial charge in [-0.05, 0) is 26.0 Å². The van der Waals surface area contributed by atoms with E-state index in [-0.39, 0.29) is 0 Å². The van der Waals surface area contributed by atoms with Crippen molar-refractivity contribution in [2.45, 2.75) is 24.3 Å². The first-order chi connectivity index (χ1) is 9.43. The fourth-order valence-corrected chi connectivity index (χ4v) is 4.61. The summed E-state index contributed by atoms with van der Waals surface area (Å²) < 4.78 is 27.4. The second-order valence-corrected chi connectivity index (χ2v) is 7.45. The molecule has 1 saturated heterocycles. The molecule has 0 saturated carbocycles. The molecule has 0 amide bonds. The summed E-state index contributed by atoms with van der Waals surface area (Å²) in [6.45, 7) is 5.66. The second kappa shape index (κ2) is 4.54. The molecule has 1 aliphatic heterocycles. The summed E-state index contributed by atoms with van der Waals surface area (Å²) in [5.41, 5.74) is 0.155. The molecule has 3 rings (SSSR count). The van der Waals surface area contributed by atoms with Crippen LogP contribution in [-0.2, 0) is 10.0 Å². The zero-order valence-corrected chi connectivity index (χ0v) is 12.4. The molecule has 0 radical (unpaired) electrons. The molecule has 2 N–H and O–H groups in total. The Bertz CT molecular complexity index is 736. The third kappa shape index (κ3) is 2.02. The number of nitrogens with one attached hydrogen (secondary N) is 2. The summed E-state index contributed by atoms with van der Waals surface area (Å²) in [7, 11) is -3.53. The number of aromatic nitrogens is 2. The minimum atomic E-state index is -3.53. The number of rotatable bonds is 2. The fourth-order valence-electron chi connectivity index (χ4n) is 2.67. The van der Waals surface area contributed by atoms with Crippen LogP contribution in [0, 0.1) is 0 Å². The molecule has 0 unspecified atom stereocenters. The highest BCUT2D eigenvalue weighted by atomic mass is 32.2. The van der Waals surface area contributed by atoms with Gasteiger partial charge in [-0.15, -0.1) is 0 Å². The average Bonchev–Trinajstić information content (AvgIpc) is 2.82. The SMILES string of the molecule is CC1(C)CNCCN1S(=O)(=O)c1c[nH]c2ncccc12. The Morgan fingerprint density at radius 1 is 1.40 bits per heavy atom. The van der Waals surface area contributed by atoms with E-state index in [4.69, 9.17) is 0 Å². The molecule has 0 atom stereocenters. The van der Waals surface area contributed by atoms with Gasteiger partial charge in [0.25, 0.3) is 0 Å². The van der Waals surface area contributed by atoms with Crippen LogP contribution in [0.1, 0.15) is 13.8 Å². The van der Waals surface area contributed by atoms with Crippen LogP contribution in [0.2, 0.25) is 0 Å². The quantitative estimate of drug-likeness (QED) is 0.864. The van der Waals surface area contributed by atoms with Gasteiger partial charge in [0.15, 0.2) is 0 Å². The number of H-pyrrole nitrogens is 1. The van der Waals surface area contributed by atoms with E-state index in [1.54, 1.807) is 22.6 Å². The van der Waals surface area contributed by atoms with Crippen molar-refractivity contribution in [3.63, 3.8) is 0 Å². The first-order valence-corrected chi connectivity index (χ1v) is 8.03. The van der Waals surface area contributed by atoms with Crippen LogP contribution in [0.15, 0.2) is 29.4 Å². The standard InChI is InChI=1S/C13H18N4O2S/c1-13(2)9-14-6-7-17(13)20(18,19)11-8-16-12-10(11)4-3-5-15-12/h3-5,8,14H,6-7,9H2,1-2H3,(H,15,16). The number of aromatic amines is 1. The van der Waals surface area contributed by atoms with Crippen molar-refractivity contribution >= 4 is 21.1 Å². The van der Waals surface area contributed by atoms with Gasteiger partial charge in [-0.1, -0.05) is 0 Å². The van der Waals surface area contributed by atoms with E-state index in [2.05, 4.69) is 15.3 Å². The van der Waals surface area contributed by atoms with Gasteiger partial charge in [0, 0.05) is 43.0 Å². The molecule has 20 heavy (non-hydrogen) atoms. The molecule has 0 bridgehead atoms.